The average Bonchev–Trinajstić information content (AvgIpc) is 3.36. The summed E-state index contributed by atoms with van der Waals surface area (Å²) in [7, 11) is 0. The van der Waals surface area contributed by atoms with Gasteiger partial charge in [-0.15, -0.1) is 0 Å². The van der Waals surface area contributed by atoms with Gasteiger partial charge < -0.3 is 20.1 Å². The van der Waals surface area contributed by atoms with Crippen molar-refractivity contribution in [2.24, 2.45) is 0 Å². The van der Waals surface area contributed by atoms with Crippen LogP contribution in [0.5, 0.6) is 0 Å². The Morgan fingerprint density at radius 1 is 1.12 bits per heavy atom. The van der Waals surface area contributed by atoms with Crippen LogP contribution >= 0.6 is 11.8 Å². The third kappa shape index (κ3) is 4.71. The number of alkyl carbamates (subject to hydrolysis) is 1. The van der Waals surface area contributed by atoms with Gasteiger partial charge in [0.25, 0.3) is 0 Å². The lowest BCUT2D eigenvalue weighted by atomic mass is 9.98. The number of carboxylic acid groups (broad SMARTS) is 1. The van der Waals surface area contributed by atoms with Crippen LogP contribution in [0.2, 0.25) is 0 Å². The number of likely N-dealkylation sites (tertiary alicyclic amines) is 1. The second-order valence-corrected chi connectivity index (χ2v) is 9.64. The summed E-state index contributed by atoms with van der Waals surface area (Å²) in [6.45, 7) is 2.70. The van der Waals surface area contributed by atoms with E-state index in [1.807, 2.05) is 24.3 Å². The van der Waals surface area contributed by atoms with E-state index in [9.17, 15) is 19.5 Å². The van der Waals surface area contributed by atoms with Crippen LogP contribution in [0, 0.1) is 0 Å². The summed E-state index contributed by atoms with van der Waals surface area (Å²) < 4.78 is 5.50. The molecule has 1 fully saturated rings. The van der Waals surface area contributed by atoms with E-state index in [-0.39, 0.29) is 24.2 Å². The Morgan fingerprint density at radius 2 is 1.76 bits per heavy atom. The first-order chi connectivity index (χ1) is 15.9. The number of aliphatic carboxylic acids is 1. The number of hydrogen-bond acceptors (Lipinski definition) is 5. The molecule has 0 radical (unpaired) electrons. The number of amides is 2. The van der Waals surface area contributed by atoms with Crippen LogP contribution < -0.4 is 5.32 Å². The monoisotopic (exact) mass is 468 g/mol. The van der Waals surface area contributed by atoms with Crippen molar-refractivity contribution in [3.05, 3.63) is 59.7 Å². The van der Waals surface area contributed by atoms with E-state index in [4.69, 9.17) is 4.74 Å². The molecule has 1 aliphatic heterocycles. The number of rotatable bonds is 8. The van der Waals surface area contributed by atoms with Gasteiger partial charge in [0.2, 0.25) is 5.91 Å². The standard InChI is InChI=1S/C25H28N2O5S/c1-25(23(29)30)11-6-13-27(25)22(28)16-33-14-12-26-24(31)32-15-21-19-9-4-2-7-17(19)18-8-3-5-10-20(18)21/h2-5,7-10,21H,6,11-16H2,1H3,(H,26,31)(H,29,30)/t25-/m0/s1. The summed E-state index contributed by atoms with van der Waals surface area (Å²) in [5.74, 6) is -0.402. The van der Waals surface area contributed by atoms with Crippen LogP contribution in [-0.2, 0) is 14.3 Å². The third-order valence-electron chi connectivity index (χ3n) is 6.49. The van der Waals surface area contributed by atoms with Crippen LogP contribution in [0.15, 0.2) is 48.5 Å². The van der Waals surface area contributed by atoms with Crippen molar-refractivity contribution in [2.75, 3.05) is 31.2 Å². The van der Waals surface area contributed by atoms with Gasteiger partial charge in [0.05, 0.1) is 5.75 Å². The smallest absolute Gasteiger partial charge is 0.407 e. The third-order valence-corrected chi connectivity index (χ3v) is 7.43. The zero-order valence-electron chi connectivity index (χ0n) is 18.6. The highest BCUT2D eigenvalue weighted by Gasteiger charge is 2.45. The lowest BCUT2D eigenvalue weighted by Crippen LogP contribution is -2.51. The molecule has 0 spiro atoms. The number of ether oxygens (including phenoxy) is 1. The Bertz CT molecular complexity index is 1010. The molecule has 2 aromatic carbocycles. The fourth-order valence-corrected chi connectivity index (χ4v) is 5.42. The molecule has 0 saturated carbocycles. The van der Waals surface area contributed by atoms with E-state index in [1.165, 1.54) is 27.8 Å². The maximum Gasteiger partial charge on any atom is 0.407 e. The Morgan fingerprint density at radius 3 is 2.39 bits per heavy atom. The minimum Gasteiger partial charge on any atom is -0.480 e. The van der Waals surface area contributed by atoms with Crippen LogP contribution in [0.1, 0.15) is 36.8 Å². The molecular formula is C25H28N2O5S. The topological polar surface area (TPSA) is 95.9 Å². The second kappa shape index (κ2) is 9.87. The molecule has 8 heteroatoms. The van der Waals surface area contributed by atoms with Crippen molar-refractivity contribution in [1.29, 1.82) is 0 Å². The minimum atomic E-state index is -1.11. The molecule has 2 N–H and O–H groups in total. The van der Waals surface area contributed by atoms with Crippen molar-refractivity contribution in [3.63, 3.8) is 0 Å². The summed E-state index contributed by atoms with van der Waals surface area (Å²) in [6.07, 6.45) is 0.687. The van der Waals surface area contributed by atoms with E-state index < -0.39 is 17.6 Å². The maximum absolute atomic E-state index is 12.4. The number of nitrogens with zero attached hydrogens (tertiary/aromatic N) is 1. The predicted octanol–water partition coefficient (Wildman–Crippen LogP) is 3.72. The Kier molecular flexibility index (Phi) is 6.93. The predicted molar refractivity (Wildman–Crippen MR) is 127 cm³/mol. The molecule has 1 atom stereocenters. The molecule has 0 aromatic heterocycles. The van der Waals surface area contributed by atoms with Crippen LogP contribution in [0.25, 0.3) is 11.1 Å². The number of fused-ring (bicyclic) bond motifs is 3. The van der Waals surface area contributed by atoms with Gasteiger partial charge in [-0.1, -0.05) is 48.5 Å². The van der Waals surface area contributed by atoms with Crippen molar-refractivity contribution in [2.45, 2.75) is 31.2 Å². The SMILES string of the molecule is C[C@@]1(C(=O)O)CCCN1C(=O)CSCCNC(=O)OCC1c2ccccc2-c2ccccc21. The minimum absolute atomic E-state index is 0.0131. The van der Waals surface area contributed by atoms with E-state index >= 15 is 0 Å². The van der Waals surface area contributed by atoms with E-state index in [2.05, 4.69) is 29.6 Å². The van der Waals surface area contributed by atoms with Gasteiger partial charge >= 0.3 is 12.1 Å². The lowest BCUT2D eigenvalue weighted by molar-refractivity contribution is -0.154. The first-order valence-electron chi connectivity index (χ1n) is 11.1. The molecule has 4 rings (SSSR count). The molecule has 2 aliphatic rings. The molecule has 1 saturated heterocycles. The van der Waals surface area contributed by atoms with Crippen LogP contribution in [-0.4, -0.2) is 64.7 Å². The van der Waals surface area contributed by atoms with Crippen LogP contribution in [0.3, 0.4) is 0 Å². The molecule has 7 nitrogen and oxygen atoms in total. The summed E-state index contributed by atoms with van der Waals surface area (Å²) in [6, 6.07) is 16.4. The molecule has 0 bridgehead atoms. The van der Waals surface area contributed by atoms with E-state index in [0.29, 0.717) is 31.7 Å². The summed E-state index contributed by atoms with van der Waals surface area (Å²) in [5, 5.41) is 12.2. The zero-order valence-corrected chi connectivity index (χ0v) is 19.4. The number of benzene rings is 2. The van der Waals surface area contributed by atoms with Crippen LogP contribution in [0.4, 0.5) is 4.79 Å². The zero-order chi connectivity index (χ0) is 23.4. The fourth-order valence-electron chi connectivity index (χ4n) is 4.70. The van der Waals surface area contributed by atoms with Gasteiger partial charge in [0.15, 0.2) is 0 Å². The number of thioether (sulfide) groups is 1. The maximum atomic E-state index is 12.4. The number of carbonyl (C=O) groups is 3. The molecule has 1 aliphatic carbocycles. The molecule has 174 valence electrons. The highest BCUT2D eigenvalue weighted by molar-refractivity contribution is 7.99. The molecule has 33 heavy (non-hydrogen) atoms. The van der Waals surface area contributed by atoms with E-state index in [0.717, 1.165) is 11.1 Å². The van der Waals surface area contributed by atoms with Gasteiger partial charge in [0, 0.05) is 24.8 Å². The number of hydrogen-bond donors (Lipinski definition) is 2. The molecular weight excluding hydrogens is 440 g/mol. The summed E-state index contributed by atoms with van der Waals surface area (Å²) >= 11 is 1.37. The number of carboxylic acids is 1. The van der Waals surface area contributed by atoms with Gasteiger partial charge in [-0.3, -0.25) is 4.79 Å². The highest BCUT2D eigenvalue weighted by Crippen LogP contribution is 2.44. The average molecular weight is 469 g/mol. The van der Waals surface area contributed by atoms with Gasteiger partial charge in [0.1, 0.15) is 12.1 Å². The largest absolute Gasteiger partial charge is 0.480 e. The first kappa shape index (κ1) is 23.2. The molecule has 2 amide bonds. The Balaban J connectivity index is 1.20. The Labute approximate surface area is 197 Å². The van der Waals surface area contributed by atoms with Crippen molar-refractivity contribution in [1.82, 2.24) is 10.2 Å². The molecule has 0 unspecified atom stereocenters. The van der Waals surface area contributed by atoms with Gasteiger partial charge in [-0.25, -0.2) is 9.59 Å². The van der Waals surface area contributed by atoms with Crippen molar-refractivity contribution < 1.29 is 24.2 Å². The second-order valence-electron chi connectivity index (χ2n) is 8.53. The molecule has 1 heterocycles. The summed E-state index contributed by atoms with van der Waals surface area (Å²) in [4.78, 5) is 37.6. The fraction of sp³-hybridized carbons (Fsp3) is 0.400. The van der Waals surface area contributed by atoms with Gasteiger partial charge in [-0.05, 0) is 42.0 Å². The van der Waals surface area contributed by atoms with E-state index in [1.54, 1.807) is 6.92 Å². The number of carbonyl (C=O) groups excluding carboxylic acids is 2. The Hall–Kier alpha value is -3.00. The van der Waals surface area contributed by atoms with Crippen molar-refractivity contribution in [3.8, 4) is 11.1 Å². The quantitative estimate of drug-likeness (QED) is 0.573. The molecule has 2 aromatic rings. The highest BCUT2D eigenvalue weighted by atomic mass is 32.2. The van der Waals surface area contributed by atoms with Crippen molar-refractivity contribution >= 4 is 29.7 Å². The number of nitrogens with one attached hydrogen (secondary N) is 1. The lowest BCUT2D eigenvalue weighted by Gasteiger charge is -2.31. The summed E-state index contributed by atoms with van der Waals surface area (Å²) in [5.41, 5.74) is 3.57. The first-order valence-corrected chi connectivity index (χ1v) is 12.3. The normalized spacial score (nSPS) is 19.1. The van der Waals surface area contributed by atoms with Gasteiger partial charge in [-0.2, -0.15) is 11.8 Å².